The standard InChI is InChI=1S/C19H29NO/c1-2-12-20-15-19(14-17-9-6-13-21-17)11-5-8-16-7-3-4-10-18(16)19/h3-4,7,10,17,20H,2,5-6,8-9,11-15H2,1H3. The Bertz CT molecular complexity index is 453. The molecule has 2 nitrogen and oxygen atoms in total. The Kier molecular flexibility index (Phi) is 4.97. The van der Waals surface area contributed by atoms with E-state index in [9.17, 15) is 0 Å². The molecule has 0 amide bonds. The fourth-order valence-electron chi connectivity index (χ4n) is 4.22. The summed E-state index contributed by atoms with van der Waals surface area (Å²) in [5.41, 5.74) is 3.45. The Hall–Kier alpha value is -0.860. The number of hydrogen-bond donors (Lipinski definition) is 1. The highest BCUT2D eigenvalue weighted by Gasteiger charge is 2.38. The van der Waals surface area contributed by atoms with Crippen molar-refractivity contribution in [2.24, 2.45) is 0 Å². The summed E-state index contributed by atoms with van der Waals surface area (Å²) >= 11 is 0. The van der Waals surface area contributed by atoms with E-state index >= 15 is 0 Å². The molecule has 1 saturated heterocycles. The van der Waals surface area contributed by atoms with Crippen LogP contribution in [0.3, 0.4) is 0 Å². The van der Waals surface area contributed by atoms with Gasteiger partial charge in [0.05, 0.1) is 6.10 Å². The Balaban J connectivity index is 1.84. The molecule has 1 N–H and O–H groups in total. The molecule has 1 fully saturated rings. The van der Waals surface area contributed by atoms with Gasteiger partial charge in [-0.05, 0) is 62.6 Å². The van der Waals surface area contributed by atoms with Crippen molar-refractivity contribution in [2.45, 2.75) is 63.4 Å². The highest BCUT2D eigenvalue weighted by Crippen LogP contribution is 2.42. The van der Waals surface area contributed by atoms with Crippen molar-refractivity contribution in [3.8, 4) is 0 Å². The molecule has 1 aromatic rings. The van der Waals surface area contributed by atoms with Gasteiger partial charge in [-0.2, -0.15) is 0 Å². The van der Waals surface area contributed by atoms with Crippen LogP contribution >= 0.6 is 0 Å². The molecular weight excluding hydrogens is 258 g/mol. The maximum Gasteiger partial charge on any atom is 0.0585 e. The zero-order valence-corrected chi connectivity index (χ0v) is 13.4. The van der Waals surface area contributed by atoms with E-state index in [1.54, 1.807) is 11.1 Å². The molecule has 1 aromatic carbocycles. The first-order chi connectivity index (χ1) is 10.3. The molecule has 2 unspecified atom stereocenters. The minimum absolute atomic E-state index is 0.291. The number of rotatable bonds is 6. The van der Waals surface area contributed by atoms with Crippen LogP contribution in [0, 0.1) is 0 Å². The molecule has 3 rings (SSSR count). The molecule has 1 aliphatic heterocycles. The Morgan fingerprint density at radius 2 is 2.19 bits per heavy atom. The van der Waals surface area contributed by atoms with Gasteiger partial charge in [0.1, 0.15) is 0 Å². The smallest absolute Gasteiger partial charge is 0.0585 e. The first-order valence-corrected chi connectivity index (χ1v) is 8.75. The summed E-state index contributed by atoms with van der Waals surface area (Å²) in [4.78, 5) is 0. The van der Waals surface area contributed by atoms with E-state index in [4.69, 9.17) is 4.74 Å². The van der Waals surface area contributed by atoms with E-state index < -0.39 is 0 Å². The molecule has 21 heavy (non-hydrogen) atoms. The number of hydrogen-bond acceptors (Lipinski definition) is 2. The minimum atomic E-state index is 0.291. The van der Waals surface area contributed by atoms with E-state index in [2.05, 4.69) is 36.5 Å². The third-order valence-electron chi connectivity index (χ3n) is 5.22. The second-order valence-corrected chi connectivity index (χ2v) is 6.81. The van der Waals surface area contributed by atoms with Gasteiger partial charge in [-0.3, -0.25) is 0 Å². The summed E-state index contributed by atoms with van der Waals surface area (Å²) in [5.74, 6) is 0. The van der Waals surface area contributed by atoms with Crippen LogP contribution < -0.4 is 5.32 Å². The molecule has 1 aliphatic carbocycles. The van der Waals surface area contributed by atoms with Crippen LogP contribution in [0.5, 0.6) is 0 Å². The van der Waals surface area contributed by atoms with Gasteiger partial charge in [0.25, 0.3) is 0 Å². The van der Waals surface area contributed by atoms with Gasteiger partial charge < -0.3 is 10.1 Å². The molecule has 0 radical (unpaired) electrons. The third-order valence-corrected chi connectivity index (χ3v) is 5.22. The van der Waals surface area contributed by atoms with Crippen molar-refractivity contribution in [1.82, 2.24) is 5.32 Å². The van der Waals surface area contributed by atoms with Crippen molar-refractivity contribution < 1.29 is 4.74 Å². The van der Waals surface area contributed by atoms with Crippen molar-refractivity contribution >= 4 is 0 Å². The predicted octanol–water partition coefficient (Wildman–Crippen LogP) is 3.83. The molecule has 2 heteroatoms. The van der Waals surface area contributed by atoms with E-state index in [1.165, 1.54) is 44.9 Å². The predicted molar refractivity (Wildman–Crippen MR) is 87.8 cm³/mol. The largest absolute Gasteiger partial charge is 0.378 e. The lowest BCUT2D eigenvalue weighted by Gasteiger charge is -2.41. The Morgan fingerprint density at radius 3 is 3.00 bits per heavy atom. The summed E-state index contributed by atoms with van der Waals surface area (Å²) < 4.78 is 5.97. The number of benzene rings is 1. The number of nitrogens with one attached hydrogen (secondary N) is 1. The van der Waals surface area contributed by atoms with Crippen molar-refractivity contribution in [2.75, 3.05) is 19.7 Å². The fraction of sp³-hybridized carbons (Fsp3) is 0.684. The van der Waals surface area contributed by atoms with E-state index in [0.717, 1.165) is 19.7 Å². The number of aryl methyl sites for hydroxylation is 1. The van der Waals surface area contributed by atoms with Crippen LogP contribution in [-0.2, 0) is 16.6 Å². The first kappa shape index (κ1) is 15.1. The molecule has 2 atom stereocenters. The lowest BCUT2D eigenvalue weighted by molar-refractivity contribution is 0.0771. The lowest BCUT2D eigenvalue weighted by Crippen LogP contribution is -2.43. The van der Waals surface area contributed by atoms with Crippen molar-refractivity contribution in [3.05, 3.63) is 35.4 Å². The Labute approximate surface area is 129 Å². The molecular formula is C19H29NO. The zero-order chi connectivity index (χ0) is 14.5. The SMILES string of the molecule is CCCNCC1(CC2CCCO2)CCCc2ccccc21. The van der Waals surface area contributed by atoms with Gasteiger partial charge in [0.15, 0.2) is 0 Å². The monoisotopic (exact) mass is 287 g/mol. The van der Waals surface area contributed by atoms with E-state index in [1.807, 2.05) is 0 Å². The van der Waals surface area contributed by atoms with Crippen LogP contribution in [0.25, 0.3) is 0 Å². The molecule has 0 spiro atoms. The summed E-state index contributed by atoms with van der Waals surface area (Å²) in [7, 11) is 0. The van der Waals surface area contributed by atoms with Gasteiger partial charge in [-0.1, -0.05) is 31.2 Å². The zero-order valence-electron chi connectivity index (χ0n) is 13.4. The van der Waals surface area contributed by atoms with Gasteiger partial charge in [-0.25, -0.2) is 0 Å². The van der Waals surface area contributed by atoms with Crippen LogP contribution in [0.15, 0.2) is 24.3 Å². The number of ether oxygens (including phenoxy) is 1. The molecule has 2 aliphatic rings. The molecule has 0 saturated carbocycles. The summed E-state index contributed by atoms with van der Waals surface area (Å²) in [6.45, 7) is 5.44. The highest BCUT2D eigenvalue weighted by atomic mass is 16.5. The second kappa shape index (κ2) is 6.93. The van der Waals surface area contributed by atoms with Crippen molar-refractivity contribution in [1.29, 1.82) is 0 Å². The van der Waals surface area contributed by atoms with Gasteiger partial charge in [0.2, 0.25) is 0 Å². The maximum atomic E-state index is 5.97. The normalized spacial score (nSPS) is 28.5. The summed E-state index contributed by atoms with van der Waals surface area (Å²) in [5, 5.41) is 3.70. The molecule has 0 bridgehead atoms. The Morgan fingerprint density at radius 1 is 1.29 bits per heavy atom. The fourth-order valence-corrected chi connectivity index (χ4v) is 4.22. The summed E-state index contributed by atoms with van der Waals surface area (Å²) in [6.07, 6.45) is 9.23. The molecule has 1 heterocycles. The highest BCUT2D eigenvalue weighted by molar-refractivity contribution is 5.37. The van der Waals surface area contributed by atoms with E-state index in [0.29, 0.717) is 11.5 Å². The average molecular weight is 287 g/mol. The second-order valence-electron chi connectivity index (χ2n) is 6.81. The van der Waals surface area contributed by atoms with E-state index in [-0.39, 0.29) is 0 Å². The molecule has 116 valence electrons. The summed E-state index contributed by atoms with van der Waals surface area (Å²) in [6, 6.07) is 9.12. The minimum Gasteiger partial charge on any atom is -0.378 e. The lowest BCUT2D eigenvalue weighted by atomic mass is 9.66. The topological polar surface area (TPSA) is 21.3 Å². The van der Waals surface area contributed by atoms with Crippen LogP contribution in [0.1, 0.15) is 56.6 Å². The maximum absolute atomic E-state index is 5.97. The van der Waals surface area contributed by atoms with Crippen LogP contribution in [0.2, 0.25) is 0 Å². The van der Waals surface area contributed by atoms with Crippen LogP contribution in [-0.4, -0.2) is 25.8 Å². The van der Waals surface area contributed by atoms with Crippen LogP contribution in [0.4, 0.5) is 0 Å². The van der Waals surface area contributed by atoms with Crippen molar-refractivity contribution in [3.63, 3.8) is 0 Å². The molecule has 0 aromatic heterocycles. The van der Waals surface area contributed by atoms with Gasteiger partial charge in [0, 0.05) is 18.6 Å². The third kappa shape index (κ3) is 3.32. The average Bonchev–Trinajstić information content (AvgIpc) is 3.01. The van der Waals surface area contributed by atoms with Gasteiger partial charge >= 0.3 is 0 Å². The first-order valence-electron chi connectivity index (χ1n) is 8.75. The van der Waals surface area contributed by atoms with Gasteiger partial charge in [-0.15, -0.1) is 0 Å². The quantitative estimate of drug-likeness (QED) is 0.803. The number of fused-ring (bicyclic) bond motifs is 1.